The zero-order valence-electron chi connectivity index (χ0n) is 8.30. The van der Waals surface area contributed by atoms with Crippen molar-refractivity contribution in [3.8, 4) is 0 Å². The van der Waals surface area contributed by atoms with Crippen molar-refractivity contribution in [1.29, 1.82) is 0 Å². The number of carbonyl (C=O) groups excluding carboxylic acids is 1. The van der Waals surface area contributed by atoms with E-state index in [4.69, 9.17) is 17.5 Å². The first-order valence-corrected chi connectivity index (χ1v) is 4.78. The van der Waals surface area contributed by atoms with Gasteiger partial charge in [0, 0.05) is 6.42 Å². The Bertz CT molecular complexity index is 327. The lowest BCUT2D eigenvalue weighted by Crippen LogP contribution is -2.46. The number of rotatable bonds is 2. The van der Waals surface area contributed by atoms with E-state index in [0.29, 0.717) is 6.42 Å². The molecule has 2 N–H and O–H groups in total. The average Bonchev–Trinajstić information content (AvgIpc) is 2.64. The van der Waals surface area contributed by atoms with E-state index in [0.717, 1.165) is 11.3 Å². The third-order valence-electron chi connectivity index (χ3n) is 2.38. The molecule has 2 rings (SSSR count). The van der Waals surface area contributed by atoms with E-state index in [9.17, 15) is 14.3 Å². The van der Waals surface area contributed by atoms with Gasteiger partial charge in [-0.25, -0.2) is 10.5 Å². The van der Waals surface area contributed by atoms with Crippen LogP contribution in [0.25, 0.3) is 0 Å². The summed E-state index contributed by atoms with van der Waals surface area (Å²) in [4.78, 5) is 15.4. The summed E-state index contributed by atoms with van der Waals surface area (Å²) in [5.41, 5.74) is 1.83. The van der Waals surface area contributed by atoms with E-state index in [2.05, 4.69) is 0 Å². The van der Waals surface area contributed by atoms with Gasteiger partial charge < -0.3 is 9.84 Å². The van der Waals surface area contributed by atoms with E-state index >= 15 is 0 Å². The van der Waals surface area contributed by atoms with Gasteiger partial charge in [-0.05, 0) is 0 Å². The molecule has 1 amide bonds. The number of amides is 1. The number of aliphatic hydroxyl groups excluding tert-OH is 1. The highest BCUT2D eigenvalue weighted by molar-refractivity contribution is 6.08. The Hall–Kier alpha value is -1.12. The van der Waals surface area contributed by atoms with Crippen LogP contribution in [-0.2, 0) is 14.5 Å². The summed E-state index contributed by atoms with van der Waals surface area (Å²) in [5, 5.41) is 10.5. The number of hydrogen-bond donors (Lipinski definition) is 2. The first kappa shape index (κ1) is 11.4. The highest BCUT2D eigenvalue weighted by Gasteiger charge is 2.39. The van der Waals surface area contributed by atoms with Crippen LogP contribution >= 0.6 is 0 Å². The van der Waals surface area contributed by atoms with E-state index in [1.807, 2.05) is 5.48 Å². The van der Waals surface area contributed by atoms with Crippen molar-refractivity contribution in [3.63, 3.8) is 0 Å². The first-order valence-electron chi connectivity index (χ1n) is 4.78. The maximum atomic E-state index is 13.0. The minimum Gasteiger partial charge on any atom is -0.388 e. The zero-order valence-corrected chi connectivity index (χ0v) is 8.30. The van der Waals surface area contributed by atoms with Gasteiger partial charge in [-0.2, -0.15) is 9.33 Å². The van der Waals surface area contributed by atoms with Gasteiger partial charge >= 0.3 is 5.91 Å². The van der Waals surface area contributed by atoms with Gasteiger partial charge in [0.25, 0.3) is 0 Å². The number of carbonyl (C=O) groups is 1. The summed E-state index contributed by atoms with van der Waals surface area (Å²) in [5.74, 6) is -1.99. The molecule has 0 aromatic carbocycles. The Morgan fingerprint density at radius 3 is 3.06 bits per heavy atom. The molecular weight excluding hydrogens is 218 g/mol. The quantitative estimate of drug-likeness (QED) is 0.601. The van der Waals surface area contributed by atoms with Crippen molar-refractivity contribution >= 4 is 13.8 Å². The van der Waals surface area contributed by atoms with Crippen molar-refractivity contribution in [2.75, 3.05) is 0 Å². The van der Waals surface area contributed by atoms with E-state index in [1.165, 1.54) is 0 Å². The Morgan fingerprint density at radius 1 is 1.75 bits per heavy atom. The van der Waals surface area contributed by atoms with Gasteiger partial charge in [-0.1, -0.05) is 6.32 Å². The lowest BCUT2D eigenvalue weighted by molar-refractivity contribution is -0.267. The highest BCUT2D eigenvalue weighted by atomic mass is 19.1. The molecule has 16 heavy (non-hydrogen) atoms. The molecule has 2 heterocycles. The summed E-state index contributed by atoms with van der Waals surface area (Å²) >= 11 is 0. The van der Waals surface area contributed by atoms with E-state index in [1.54, 1.807) is 0 Å². The highest BCUT2D eigenvalue weighted by Crippen LogP contribution is 2.26. The van der Waals surface area contributed by atoms with Gasteiger partial charge in [0.15, 0.2) is 6.23 Å². The number of hydroxylamine groups is 3. The van der Waals surface area contributed by atoms with Crippen LogP contribution in [0.3, 0.4) is 0 Å². The lowest BCUT2D eigenvalue weighted by atomic mass is 9.97. The van der Waals surface area contributed by atoms with Gasteiger partial charge in [-0.3, -0.25) is 4.79 Å². The fourth-order valence-corrected chi connectivity index (χ4v) is 1.58. The lowest BCUT2D eigenvalue weighted by Gasteiger charge is -2.29. The Labute approximate surface area is 92.3 Å². The minimum absolute atomic E-state index is 0.250. The molecule has 0 aliphatic carbocycles. The van der Waals surface area contributed by atoms with Crippen molar-refractivity contribution in [1.82, 2.24) is 10.5 Å². The SMILES string of the molecule is [B]C[C@H]1CC(O)[C@@H](N2C=C(F)C(=O)NO2)O1. The fraction of sp³-hybridized carbons (Fsp3) is 0.625. The molecule has 0 aromatic rings. The molecule has 2 aliphatic rings. The van der Waals surface area contributed by atoms with Crippen LogP contribution in [-0.4, -0.2) is 42.4 Å². The van der Waals surface area contributed by atoms with Gasteiger partial charge in [0.2, 0.25) is 5.83 Å². The molecule has 6 nitrogen and oxygen atoms in total. The monoisotopic (exact) mass is 228 g/mol. The molecule has 0 bridgehead atoms. The predicted molar refractivity (Wildman–Crippen MR) is 50.1 cm³/mol. The van der Waals surface area contributed by atoms with Gasteiger partial charge in [0.1, 0.15) is 6.10 Å². The number of ether oxygens (including phenoxy) is 1. The summed E-state index contributed by atoms with van der Waals surface area (Å²) in [7, 11) is 5.38. The van der Waals surface area contributed by atoms with Crippen LogP contribution in [0, 0.1) is 0 Å². The second kappa shape index (κ2) is 4.40. The van der Waals surface area contributed by atoms with Gasteiger partial charge in [-0.15, -0.1) is 0 Å². The van der Waals surface area contributed by atoms with Crippen LogP contribution in [0.5, 0.6) is 0 Å². The maximum absolute atomic E-state index is 13.0. The Balaban J connectivity index is 2.06. The van der Waals surface area contributed by atoms with Crippen LogP contribution in [0.2, 0.25) is 6.32 Å². The number of aliphatic hydroxyl groups is 1. The van der Waals surface area contributed by atoms with Crippen LogP contribution in [0.4, 0.5) is 4.39 Å². The fourth-order valence-electron chi connectivity index (χ4n) is 1.58. The Morgan fingerprint density at radius 2 is 2.50 bits per heavy atom. The van der Waals surface area contributed by atoms with Crippen LogP contribution in [0.1, 0.15) is 6.42 Å². The summed E-state index contributed by atoms with van der Waals surface area (Å²) in [6, 6.07) is 0. The van der Waals surface area contributed by atoms with Crippen molar-refractivity contribution in [2.45, 2.75) is 31.2 Å². The van der Waals surface area contributed by atoms with Crippen molar-refractivity contribution in [2.24, 2.45) is 0 Å². The molecule has 0 spiro atoms. The standard InChI is InChI=1S/C8H10BFN2O4/c9-2-4-1-6(13)8(15-4)12-3-5(10)7(14)11-16-12/h3-4,6,8,13H,1-2H2,(H,11,14)/t4-,6?,8+/m1/s1. The molecule has 1 unspecified atom stereocenters. The molecule has 0 saturated carbocycles. The third-order valence-corrected chi connectivity index (χ3v) is 2.38. The molecule has 8 heteroatoms. The average molecular weight is 228 g/mol. The predicted octanol–water partition coefficient (Wildman–Crippen LogP) is -0.862. The molecule has 86 valence electrons. The maximum Gasteiger partial charge on any atom is 0.307 e. The summed E-state index contributed by atoms with van der Waals surface area (Å²) < 4.78 is 18.3. The van der Waals surface area contributed by atoms with Crippen molar-refractivity contribution < 1.29 is 24.0 Å². The molecular formula is C8H10BFN2O4. The van der Waals surface area contributed by atoms with Crippen LogP contribution < -0.4 is 5.48 Å². The summed E-state index contributed by atoms with van der Waals surface area (Å²) in [6.45, 7) is 0. The second-order valence-electron chi connectivity index (χ2n) is 3.55. The zero-order chi connectivity index (χ0) is 11.7. The minimum atomic E-state index is -1.02. The topological polar surface area (TPSA) is 71.0 Å². The smallest absolute Gasteiger partial charge is 0.307 e. The summed E-state index contributed by atoms with van der Waals surface area (Å²) in [6.07, 6.45) is -0.624. The third kappa shape index (κ3) is 2.04. The first-order chi connectivity index (χ1) is 7.61. The largest absolute Gasteiger partial charge is 0.388 e. The Kier molecular flexibility index (Phi) is 3.13. The van der Waals surface area contributed by atoms with Crippen molar-refractivity contribution in [3.05, 3.63) is 12.0 Å². The van der Waals surface area contributed by atoms with E-state index in [-0.39, 0.29) is 12.4 Å². The molecule has 2 aliphatic heterocycles. The molecule has 1 fully saturated rings. The number of halogens is 1. The molecule has 0 aromatic heterocycles. The molecule has 2 radical (unpaired) electrons. The number of nitrogens with zero attached hydrogens (tertiary/aromatic N) is 1. The molecule has 1 saturated heterocycles. The number of nitrogens with one attached hydrogen (secondary N) is 1. The molecule has 3 atom stereocenters. The second-order valence-corrected chi connectivity index (χ2v) is 3.55. The van der Waals surface area contributed by atoms with Gasteiger partial charge in [0.05, 0.1) is 20.2 Å². The number of hydrogen-bond acceptors (Lipinski definition) is 5. The van der Waals surface area contributed by atoms with E-state index < -0.39 is 24.1 Å². The normalized spacial score (nSPS) is 34.9. The van der Waals surface area contributed by atoms with Crippen LogP contribution in [0.15, 0.2) is 12.0 Å².